The van der Waals surface area contributed by atoms with Crippen molar-refractivity contribution in [1.82, 2.24) is 5.32 Å². The normalized spacial score (nSPS) is 23.5. The summed E-state index contributed by atoms with van der Waals surface area (Å²) in [6.07, 6.45) is 6.71. The molecule has 2 unspecified atom stereocenters. The van der Waals surface area contributed by atoms with Gasteiger partial charge in [-0.15, -0.1) is 0 Å². The van der Waals surface area contributed by atoms with Crippen LogP contribution in [0.5, 0.6) is 0 Å². The molecule has 1 N–H and O–H groups in total. The molecule has 1 nitrogen and oxygen atoms in total. The second-order valence-corrected chi connectivity index (χ2v) is 6.98. The number of hydrogen-bond acceptors (Lipinski definition) is 2. The molecule has 0 bridgehead atoms. The van der Waals surface area contributed by atoms with Crippen LogP contribution in [0.25, 0.3) is 0 Å². The van der Waals surface area contributed by atoms with E-state index in [2.05, 4.69) is 36.1 Å². The Labute approximate surface area is 126 Å². The van der Waals surface area contributed by atoms with E-state index < -0.39 is 0 Å². The summed E-state index contributed by atoms with van der Waals surface area (Å²) in [7, 11) is 0. The van der Waals surface area contributed by atoms with E-state index in [1.54, 1.807) is 0 Å². The van der Waals surface area contributed by atoms with Crippen LogP contribution in [0.15, 0.2) is 24.3 Å². The van der Waals surface area contributed by atoms with E-state index in [9.17, 15) is 0 Å². The second-order valence-electron chi connectivity index (χ2n) is 5.32. The van der Waals surface area contributed by atoms with E-state index in [1.807, 2.05) is 12.1 Å². The Morgan fingerprint density at radius 3 is 2.68 bits per heavy atom. The Morgan fingerprint density at radius 2 is 1.95 bits per heavy atom. The molecule has 1 aliphatic rings. The van der Waals surface area contributed by atoms with Gasteiger partial charge in [-0.2, -0.15) is 11.8 Å². The van der Waals surface area contributed by atoms with Crippen molar-refractivity contribution in [2.75, 3.05) is 6.54 Å². The highest BCUT2D eigenvalue weighted by Crippen LogP contribution is 2.31. The van der Waals surface area contributed by atoms with Crippen molar-refractivity contribution in [3.63, 3.8) is 0 Å². The standard InChI is InChI=1S/C16H24ClNS/c1-2-11-18-15-5-3-4-6-16(15)19-12-13-7-9-14(17)10-8-13/h7-10,15-16,18H,2-6,11-12H2,1H3. The maximum Gasteiger partial charge on any atom is 0.0406 e. The van der Waals surface area contributed by atoms with Crippen LogP contribution >= 0.6 is 23.4 Å². The van der Waals surface area contributed by atoms with Crippen LogP contribution in [0.4, 0.5) is 0 Å². The maximum atomic E-state index is 5.92. The monoisotopic (exact) mass is 297 g/mol. The lowest BCUT2D eigenvalue weighted by Crippen LogP contribution is -2.40. The van der Waals surface area contributed by atoms with Gasteiger partial charge in [0.05, 0.1) is 0 Å². The van der Waals surface area contributed by atoms with E-state index >= 15 is 0 Å². The summed E-state index contributed by atoms with van der Waals surface area (Å²) in [6.45, 7) is 3.40. The summed E-state index contributed by atoms with van der Waals surface area (Å²) >= 11 is 8.03. The minimum Gasteiger partial charge on any atom is -0.313 e. The van der Waals surface area contributed by atoms with Gasteiger partial charge in [0.15, 0.2) is 0 Å². The molecule has 19 heavy (non-hydrogen) atoms. The summed E-state index contributed by atoms with van der Waals surface area (Å²) in [5.41, 5.74) is 1.38. The summed E-state index contributed by atoms with van der Waals surface area (Å²) in [5, 5.41) is 5.33. The average molecular weight is 298 g/mol. The van der Waals surface area contributed by atoms with Crippen molar-refractivity contribution in [2.24, 2.45) is 0 Å². The Bertz CT molecular complexity index is 366. The van der Waals surface area contributed by atoms with Gasteiger partial charge >= 0.3 is 0 Å². The highest BCUT2D eigenvalue weighted by molar-refractivity contribution is 7.99. The van der Waals surface area contributed by atoms with Crippen LogP contribution in [0, 0.1) is 0 Å². The van der Waals surface area contributed by atoms with Crippen molar-refractivity contribution in [3.8, 4) is 0 Å². The van der Waals surface area contributed by atoms with Gasteiger partial charge in [-0.3, -0.25) is 0 Å². The molecule has 1 saturated carbocycles. The number of hydrogen-bond donors (Lipinski definition) is 1. The van der Waals surface area contributed by atoms with Crippen LogP contribution in [-0.4, -0.2) is 17.8 Å². The molecular weight excluding hydrogens is 274 g/mol. The van der Waals surface area contributed by atoms with Crippen molar-refractivity contribution in [1.29, 1.82) is 0 Å². The van der Waals surface area contributed by atoms with Gasteiger partial charge in [0.25, 0.3) is 0 Å². The zero-order valence-electron chi connectivity index (χ0n) is 11.7. The minimum atomic E-state index is 0.714. The van der Waals surface area contributed by atoms with E-state index in [0.29, 0.717) is 6.04 Å². The lowest BCUT2D eigenvalue weighted by molar-refractivity contribution is 0.384. The second kappa shape index (κ2) is 8.18. The summed E-state index contributed by atoms with van der Waals surface area (Å²) in [4.78, 5) is 0. The fourth-order valence-electron chi connectivity index (χ4n) is 2.64. The molecule has 0 radical (unpaired) electrons. The third-order valence-corrected chi connectivity index (χ3v) is 5.48. The first-order valence-electron chi connectivity index (χ1n) is 7.39. The first kappa shape index (κ1) is 15.2. The molecule has 1 aromatic rings. The van der Waals surface area contributed by atoms with Gasteiger partial charge in [-0.1, -0.05) is 43.5 Å². The highest BCUT2D eigenvalue weighted by Gasteiger charge is 2.24. The first-order chi connectivity index (χ1) is 9.29. The number of benzene rings is 1. The molecule has 3 heteroatoms. The zero-order valence-corrected chi connectivity index (χ0v) is 13.3. The number of rotatable bonds is 6. The fourth-order valence-corrected chi connectivity index (χ4v) is 4.17. The average Bonchev–Trinajstić information content (AvgIpc) is 2.45. The van der Waals surface area contributed by atoms with Crippen LogP contribution in [0.2, 0.25) is 5.02 Å². The summed E-state index contributed by atoms with van der Waals surface area (Å²) < 4.78 is 0. The maximum absolute atomic E-state index is 5.92. The van der Waals surface area contributed by atoms with Crippen molar-refractivity contribution in [2.45, 2.75) is 56.1 Å². The number of nitrogens with one attached hydrogen (secondary N) is 1. The van der Waals surface area contributed by atoms with Crippen LogP contribution in [-0.2, 0) is 5.75 Å². The molecule has 1 aromatic carbocycles. The number of thioether (sulfide) groups is 1. The lowest BCUT2D eigenvalue weighted by atomic mass is 9.95. The van der Waals surface area contributed by atoms with Gasteiger partial charge in [-0.25, -0.2) is 0 Å². The van der Waals surface area contributed by atoms with E-state index in [0.717, 1.165) is 22.6 Å². The van der Waals surface area contributed by atoms with Gasteiger partial charge in [0, 0.05) is 22.1 Å². The fraction of sp³-hybridized carbons (Fsp3) is 0.625. The van der Waals surface area contributed by atoms with Crippen LogP contribution < -0.4 is 5.32 Å². The SMILES string of the molecule is CCCNC1CCCCC1SCc1ccc(Cl)cc1. The molecule has 106 valence electrons. The molecule has 0 amide bonds. The topological polar surface area (TPSA) is 12.0 Å². The molecular formula is C16H24ClNS. The third kappa shape index (κ3) is 5.02. The van der Waals surface area contributed by atoms with Crippen LogP contribution in [0.1, 0.15) is 44.6 Å². The zero-order chi connectivity index (χ0) is 13.5. The van der Waals surface area contributed by atoms with Gasteiger partial charge in [0.2, 0.25) is 0 Å². The van der Waals surface area contributed by atoms with Crippen LogP contribution in [0.3, 0.4) is 0 Å². The van der Waals surface area contributed by atoms with E-state index in [1.165, 1.54) is 37.7 Å². The van der Waals surface area contributed by atoms with Crippen molar-refractivity contribution >= 4 is 23.4 Å². The quantitative estimate of drug-likeness (QED) is 0.803. The van der Waals surface area contributed by atoms with Gasteiger partial charge in [0.1, 0.15) is 0 Å². The molecule has 0 aliphatic heterocycles. The molecule has 0 heterocycles. The smallest absolute Gasteiger partial charge is 0.0406 e. The van der Waals surface area contributed by atoms with Gasteiger partial charge < -0.3 is 5.32 Å². The van der Waals surface area contributed by atoms with Gasteiger partial charge in [-0.05, 0) is 43.5 Å². The lowest BCUT2D eigenvalue weighted by Gasteiger charge is -2.32. The molecule has 2 rings (SSSR count). The third-order valence-electron chi connectivity index (χ3n) is 3.74. The largest absolute Gasteiger partial charge is 0.313 e. The Kier molecular flexibility index (Phi) is 6.55. The molecule has 1 fully saturated rings. The van der Waals surface area contributed by atoms with Crippen molar-refractivity contribution < 1.29 is 0 Å². The highest BCUT2D eigenvalue weighted by atomic mass is 35.5. The van der Waals surface area contributed by atoms with Crippen molar-refractivity contribution in [3.05, 3.63) is 34.9 Å². The summed E-state index contributed by atoms with van der Waals surface area (Å²) in [6, 6.07) is 8.99. The Balaban J connectivity index is 1.83. The molecule has 0 saturated heterocycles. The summed E-state index contributed by atoms with van der Waals surface area (Å²) in [5.74, 6) is 1.10. The first-order valence-corrected chi connectivity index (χ1v) is 8.81. The minimum absolute atomic E-state index is 0.714. The molecule has 0 aromatic heterocycles. The predicted molar refractivity (Wildman–Crippen MR) is 87.1 cm³/mol. The molecule has 2 atom stereocenters. The Hall–Kier alpha value is -0.180. The number of halogens is 1. The predicted octanol–water partition coefficient (Wildman–Crippen LogP) is 4.88. The molecule has 0 spiro atoms. The Morgan fingerprint density at radius 1 is 1.21 bits per heavy atom. The molecule has 1 aliphatic carbocycles. The van der Waals surface area contributed by atoms with E-state index in [4.69, 9.17) is 11.6 Å². The van der Waals surface area contributed by atoms with E-state index in [-0.39, 0.29) is 0 Å².